The lowest BCUT2D eigenvalue weighted by Gasteiger charge is -2.17. The van der Waals surface area contributed by atoms with E-state index in [2.05, 4.69) is 20.3 Å². The van der Waals surface area contributed by atoms with Crippen LogP contribution in [0.1, 0.15) is 14.5 Å². The van der Waals surface area contributed by atoms with E-state index < -0.39 is 44.4 Å². The molecule has 3 aromatic heterocycles. The Morgan fingerprint density at radius 1 is 1.32 bits per heavy atom. The van der Waals surface area contributed by atoms with Crippen LogP contribution in [0.3, 0.4) is 0 Å². The topological polar surface area (TPSA) is 139 Å². The molecular formula is C17H21N7O4. The monoisotopic (exact) mass is 393 g/mol. The number of aromatic nitrogens is 5. The average molecular weight is 393 g/mol. The van der Waals surface area contributed by atoms with E-state index >= 15 is 0 Å². The normalized spacial score (nSPS) is 28.7. The van der Waals surface area contributed by atoms with Crippen molar-refractivity contribution in [3.05, 3.63) is 24.7 Å². The van der Waals surface area contributed by atoms with Crippen LogP contribution in [0.4, 0.5) is 5.82 Å². The zero-order valence-electron chi connectivity index (χ0n) is 20.6. The molecule has 4 rings (SSSR count). The highest BCUT2D eigenvalue weighted by atomic mass is 16.6. The smallest absolute Gasteiger partial charge is 0.251 e. The lowest BCUT2D eigenvalue weighted by molar-refractivity contribution is -0.137. The van der Waals surface area contributed by atoms with Crippen LogP contribution in [-0.2, 0) is 16.6 Å². The highest BCUT2D eigenvalue weighted by Gasteiger charge is 2.47. The van der Waals surface area contributed by atoms with Gasteiger partial charge in [0.25, 0.3) is 5.91 Å². The molecule has 1 aliphatic rings. The SMILES string of the molecule is [2H]C([2H])([2H])NC(=O)[C@H]1O[C@@H](n2cnc3c(NC([2H])([2H])[2H])nc(-c4cccn4C)nc32)[C@H](O)[C@@H]1O. The summed E-state index contributed by atoms with van der Waals surface area (Å²) >= 11 is 0. The number of carbonyl (C=O) groups is 1. The molecule has 11 nitrogen and oxygen atoms in total. The minimum atomic E-state index is -2.82. The van der Waals surface area contributed by atoms with Crippen LogP contribution in [0, 0.1) is 0 Å². The van der Waals surface area contributed by atoms with Gasteiger partial charge < -0.3 is 30.2 Å². The number of likely N-dealkylation sites (N-methyl/N-ethyl adjacent to an activating group) is 1. The van der Waals surface area contributed by atoms with Gasteiger partial charge in [-0.3, -0.25) is 9.36 Å². The van der Waals surface area contributed by atoms with E-state index in [1.807, 2.05) is 0 Å². The number of nitrogens with one attached hydrogen (secondary N) is 2. The first-order valence-electron chi connectivity index (χ1n) is 11.2. The van der Waals surface area contributed by atoms with Crippen molar-refractivity contribution in [1.82, 2.24) is 29.4 Å². The number of aliphatic hydroxyl groups is 2. The van der Waals surface area contributed by atoms with Gasteiger partial charge in [0.05, 0.1) is 12.0 Å². The number of anilines is 1. The van der Waals surface area contributed by atoms with Crippen molar-refractivity contribution in [3.8, 4) is 11.5 Å². The van der Waals surface area contributed by atoms with Crippen LogP contribution in [0.15, 0.2) is 24.7 Å². The van der Waals surface area contributed by atoms with E-state index in [1.165, 1.54) is 10.9 Å². The van der Waals surface area contributed by atoms with Crippen molar-refractivity contribution in [3.63, 3.8) is 0 Å². The maximum atomic E-state index is 12.3. The number of ether oxygens (including phenoxy) is 1. The van der Waals surface area contributed by atoms with Crippen LogP contribution >= 0.6 is 0 Å². The number of imidazole rings is 1. The lowest BCUT2D eigenvalue weighted by Crippen LogP contribution is -2.41. The summed E-state index contributed by atoms with van der Waals surface area (Å²) in [6, 6.07) is 3.45. The Kier molecular flexibility index (Phi) is 3.05. The lowest BCUT2D eigenvalue weighted by atomic mass is 10.1. The molecule has 1 amide bonds. The number of rotatable bonds is 4. The van der Waals surface area contributed by atoms with Crippen molar-refractivity contribution in [2.45, 2.75) is 24.5 Å². The second kappa shape index (κ2) is 6.86. The van der Waals surface area contributed by atoms with Gasteiger partial charge in [-0.15, -0.1) is 0 Å². The number of aliphatic hydroxyl groups excluding tert-OH is 2. The summed E-state index contributed by atoms with van der Waals surface area (Å²) in [5, 5.41) is 24.9. The Bertz CT molecular complexity index is 1220. The van der Waals surface area contributed by atoms with Crippen LogP contribution < -0.4 is 10.6 Å². The number of fused-ring (bicyclic) bond motifs is 1. The molecule has 0 bridgehead atoms. The Balaban J connectivity index is 1.78. The molecule has 0 aromatic carbocycles. The van der Waals surface area contributed by atoms with Gasteiger partial charge in [-0.25, -0.2) is 15.0 Å². The molecule has 148 valence electrons. The van der Waals surface area contributed by atoms with Crippen LogP contribution in [0.5, 0.6) is 0 Å². The molecule has 0 saturated carbocycles. The van der Waals surface area contributed by atoms with E-state index in [9.17, 15) is 15.0 Å². The number of carbonyl (C=O) groups excluding carboxylic acids is 1. The quantitative estimate of drug-likeness (QED) is 0.454. The molecule has 3 aromatic rings. The number of amides is 1. The van der Waals surface area contributed by atoms with Gasteiger partial charge in [-0.2, -0.15) is 0 Å². The van der Waals surface area contributed by atoms with Crippen molar-refractivity contribution >= 4 is 22.9 Å². The van der Waals surface area contributed by atoms with Crippen molar-refractivity contribution in [2.75, 3.05) is 19.3 Å². The summed E-state index contributed by atoms with van der Waals surface area (Å²) in [5.74, 6) is -1.11. The van der Waals surface area contributed by atoms with Gasteiger partial charge in [0.2, 0.25) is 0 Å². The molecule has 0 radical (unpaired) electrons. The molecule has 1 aliphatic heterocycles. The third kappa shape index (κ3) is 2.71. The summed E-state index contributed by atoms with van der Waals surface area (Å²) in [7, 11) is 1.74. The molecular weight excluding hydrogens is 366 g/mol. The molecule has 11 heteroatoms. The third-order valence-electron chi connectivity index (χ3n) is 4.61. The third-order valence-corrected chi connectivity index (χ3v) is 4.61. The number of hydrogen-bond acceptors (Lipinski definition) is 8. The first kappa shape index (κ1) is 12.4. The minimum absolute atomic E-state index is 0.0368. The number of aryl methyl sites for hydroxylation is 1. The zero-order valence-corrected chi connectivity index (χ0v) is 14.6. The molecule has 1 fully saturated rings. The molecule has 0 aliphatic carbocycles. The molecule has 4 atom stereocenters. The van der Waals surface area contributed by atoms with Gasteiger partial charge in [0, 0.05) is 35.4 Å². The molecule has 4 heterocycles. The summed E-state index contributed by atoms with van der Waals surface area (Å²) in [6.07, 6.45) is -3.55. The van der Waals surface area contributed by atoms with Gasteiger partial charge in [-0.1, -0.05) is 0 Å². The highest BCUT2D eigenvalue weighted by molar-refractivity contribution is 5.85. The van der Waals surface area contributed by atoms with Gasteiger partial charge in [-0.05, 0) is 12.1 Å². The van der Waals surface area contributed by atoms with Crippen molar-refractivity contribution in [1.29, 1.82) is 0 Å². The first-order valence-corrected chi connectivity index (χ1v) is 8.23. The van der Waals surface area contributed by atoms with E-state index in [-0.39, 0.29) is 22.8 Å². The fraction of sp³-hybridized carbons (Fsp3) is 0.412. The fourth-order valence-corrected chi connectivity index (χ4v) is 3.17. The Hall–Kier alpha value is -3.02. The molecule has 28 heavy (non-hydrogen) atoms. The van der Waals surface area contributed by atoms with Crippen LogP contribution in [-0.4, -0.2) is 72.5 Å². The predicted octanol–water partition coefficient (Wildman–Crippen LogP) is -0.761. The standard InChI is InChI=1S/C17H21N7O4/c1-18-14-9-15(22-13(21-14)8-5-4-6-23(8)3)24(7-20-9)17-11(26)10(25)12(28-17)16(27)19-2/h4-7,10-12,17,25-26H,1-3H3,(H,19,27)(H,18,21,22)/t10-,11+,12-,17+/m0/s1/i1D3,2D3. The minimum Gasteiger partial charge on any atom is -0.387 e. The fourth-order valence-electron chi connectivity index (χ4n) is 3.17. The number of nitrogens with zero attached hydrogens (tertiary/aromatic N) is 5. The largest absolute Gasteiger partial charge is 0.387 e. The second-order valence-corrected chi connectivity index (χ2v) is 6.27. The summed E-state index contributed by atoms with van der Waals surface area (Å²) in [5.41, 5.74) is 0.631. The maximum Gasteiger partial charge on any atom is 0.251 e. The summed E-state index contributed by atoms with van der Waals surface area (Å²) in [6.45, 7) is -5.42. The van der Waals surface area contributed by atoms with E-state index in [4.69, 9.17) is 13.0 Å². The Morgan fingerprint density at radius 3 is 2.89 bits per heavy atom. The van der Waals surface area contributed by atoms with E-state index in [0.29, 0.717) is 5.69 Å². The van der Waals surface area contributed by atoms with Gasteiger partial charge in [0.1, 0.15) is 12.2 Å². The predicted molar refractivity (Wildman–Crippen MR) is 99.3 cm³/mol. The van der Waals surface area contributed by atoms with Gasteiger partial charge in [0.15, 0.2) is 35.1 Å². The van der Waals surface area contributed by atoms with Crippen LogP contribution in [0.2, 0.25) is 0 Å². The van der Waals surface area contributed by atoms with Gasteiger partial charge >= 0.3 is 0 Å². The first-order chi connectivity index (χ1) is 15.7. The molecule has 4 N–H and O–H groups in total. The summed E-state index contributed by atoms with van der Waals surface area (Å²) < 4.78 is 52.5. The second-order valence-electron chi connectivity index (χ2n) is 6.27. The Labute approximate surface area is 168 Å². The Morgan fingerprint density at radius 2 is 2.18 bits per heavy atom. The van der Waals surface area contributed by atoms with Crippen molar-refractivity contribution in [2.24, 2.45) is 7.05 Å². The van der Waals surface area contributed by atoms with E-state index in [1.54, 1.807) is 35.3 Å². The highest BCUT2D eigenvalue weighted by Crippen LogP contribution is 2.33. The summed E-state index contributed by atoms with van der Waals surface area (Å²) in [4.78, 5) is 25.1. The van der Waals surface area contributed by atoms with Crippen molar-refractivity contribution < 1.29 is 28.0 Å². The average Bonchev–Trinajstić information content (AvgIpc) is 3.38. The van der Waals surface area contributed by atoms with Crippen LogP contribution in [0.25, 0.3) is 22.7 Å². The number of hydrogen-bond donors (Lipinski definition) is 4. The zero-order chi connectivity index (χ0) is 25.0. The molecule has 0 unspecified atom stereocenters. The molecule has 1 saturated heterocycles. The maximum absolute atomic E-state index is 12.3. The van der Waals surface area contributed by atoms with E-state index in [0.717, 1.165) is 0 Å². The molecule has 0 spiro atoms.